The van der Waals surface area contributed by atoms with Crippen LogP contribution in [-0.4, -0.2) is 7.42 Å². The van der Waals surface area contributed by atoms with Crippen LogP contribution in [0.4, 0.5) is 0 Å². The van der Waals surface area contributed by atoms with E-state index < -0.39 is 0 Å². The van der Waals surface area contributed by atoms with Crippen LogP contribution in [0.3, 0.4) is 0 Å². The summed E-state index contributed by atoms with van der Waals surface area (Å²) in [5.41, 5.74) is 0. The molecule has 1 unspecified atom stereocenters. The average molecular weight is 153 g/mol. The minimum absolute atomic E-state index is 0.337. The average Bonchev–Trinajstić information content (AvgIpc) is 1.38. The fraction of sp³-hybridized carbons (Fsp3) is 1.00. The molecule has 0 nitrogen and oxygen atoms in total. The van der Waals surface area contributed by atoms with E-state index in [-0.39, 0.29) is 7.42 Å². The second-order valence-corrected chi connectivity index (χ2v) is 8.26. The van der Waals surface area contributed by atoms with Gasteiger partial charge >= 0.3 is 0 Å². The second-order valence-electron chi connectivity index (χ2n) is 1.19. The zero-order chi connectivity index (χ0) is 4.28. The van der Waals surface area contributed by atoms with Crippen molar-refractivity contribution in [2.75, 3.05) is 0 Å². The lowest BCUT2D eigenvalue weighted by atomic mass is 11.0. The minimum atomic E-state index is -0.337. The highest BCUT2D eigenvalue weighted by molar-refractivity contribution is 9.24. The summed E-state index contributed by atoms with van der Waals surface area (Å²) in [7, 11) is -0.337. The zero-order valence-corrected chi connectivity index (χ0v) is 6.40. The van der Waals surface area contributed by atoms with Gasteiger partial charge in [-0.3, -0.25) is 0 Å². The molecular formula is C3H9BrSi. The Bertz CT molecular complexity index is 20.9. The molecule has 0 bridgehead atoms. The van der Waals surface area contributed by atoms with Crippen LogP contribution in [-0.2, 0) is 0 Å². The van der Waals surface area contributed by atoms with E-state index >= 15 is 0 Å². The van der Waals surface area contributed by atoms with Crippen LogP contribution in [0.5, 0.6) is 0 Å². The molecule has 0 amide bonds. The van der Waals surface area contributed by atoms with Gasteiger partial charge in [-0.15, -0.1) is 15.3 Å². The first-order valence-electron chi connectivity index (χ1n) is 1.91. The summed E-state index contributed by atoms with van der Waals surface area (Å²) in [5, 5.41) is 0. The van der Waals surface area contributed by atoms with Gasteiger partial charge in [-0.2, -0.15) is 0 Å². The van der Waals surface area contributed by atoms with Crippen LogP contribution in [0.1, 0.15) is 6.92 Å². The predicted octanol–water partition coefficient (Wildman–Crippen LogP) is 1.75. The number of halogens is 1. The maximum Gasteiger partial charge on any atom is 0.111 e. The summed E-state index contributed by atoms with van der Waals surface area (Å²) < 4.78 is 0. The Hall–Kier alpha value is 0.697. The van der Waals surface area contributed by atoms with Gasteiger partial charge in [-0.25, -0.2) is 0 Å². The van der Waals surface area contributed by atoms with Crippen molar-refractivity contribution in [3.63, 3.8) is 0 Å². The topological polar surface area (TPSA) is 0 Å². The summed E-state index contributed by atoms with van der Waals surface area (Å²) in [6, 6.07) is 1.36. The van der Waals surface area contributed by atoms with Crippen LogP contribution in [0.25, 0.3) is 0 Å². The van der Waals surface area contributed by atoms with Crippen molar-refractivity contribution in [2.24, 2.45) is 0 Å². The van der Waals surface area contributed by atoms with E-state index in [1.165, 1.54) is 6.04 Å². The van der Waals surface area contributed by atoms with Gasteiger partial charge in [0, 0.05) is 0 Å². The van der Waals surface area contributed by atoms with Gasteiger partial charge in [-0.05, 0) is 0 Å². The highest BCUT2D eigenvalue weighted by Crippen LogP contribution is 1.95. The summed E-state index contributed by atoms with van der Waals surface area (Å²) in [6.45, 7) is 4.49. The Morgan fingerprint density at radius 2 is 2.00 bits per heavy atom. The first kappa shape index (κ1) is 5.70. The Morgan fingerprint density at radius 3 is 2.00 bits per heavy atom. The minimum Gasteiger partial charge on any atom is -0.131 e. The SMILES string of the molecule is CC[SiH](C)Br. The fourth-order valence-corrected chi connectivity index (χ4v) is 0. The quantitative estimate of drug-likeness (QED) is 0.397. The first-order valence-corrected chi connectivity index (χ1v) is 7.07. The standard InChI is InChI=1S/C3H9BrSi/c1-3-5(2)4/h5H,3H2,1-2H3. The molecule has 0 aromatic rings. The van der Waals surface area contributed by atoms with Gasteiger partial charge in [0.25, 0.3) is 0 Å². The summed E-state index contributed by atoms with van der Waals surface area (Å²) in [6.07, 6.45) is 0. The summed E-state index contributed by atoms with van der Waals surface area (Å²) in [4.78, 5) is 0. The van der Waals surface area contributed by atoms with Crippen molar-refractivity contribution in [3.8, 4) is 0 Å². The molecule has 0 rings (SSSR count). The largest absolute Gasteiger partial charge is 0.131 e. The third-order valence-corrected chi connectivity index (χ3v) is 3.63. The normalized spacial score (nSPS) is 15.0. The van der Waals surface area contributed by atoms with Crippen molar-refractivity contribution >= 4 is 22.7 Å². The maximum atomic E-state index is 3.51. The molecule has 2 heteroatoms. The molecule has 0 fully saturated rings. The van der Waals surface area contributed by atoms with Crippen molar-refractivity contribution in [1.82, 2.24) is 0 Å². The first-order chi connectivity index (χ1) is 2.27. The van der Waals surface area contributed by atoms with Gasteiger partial charge in [-0.1, -0.05) is 19.5 Å². The molecule has 0 radical (unpaired) electrons. The Balaban J connectivity index is 2.54. The van der Waals surface area contributed by atoms with Crippen molar-refractivity contribution in [3.05, 3.63) is 0 Å². The number of rotatable bonds is 1. The van der Waals surface area contributed by atoms with E-state index in [1.54, 1.807) is 0 Å². The highest BCUT2D eigenvalue weighted by atomic mass is 79.9. The molecule has 0 aliphatic carbocycles. The number of hydrogen-bond donors (Lipinski definition) is 0. The molecule has 0 aromatic carbocycles. The molecule has 0 N–H and O–H groups in total. The van der Waals surface area contributed by atoms with Crippen LogP contribution >= 0.6 is 15.3 Å². The summed E-state index contributed by atoms with van der Waals surface area (Å²) in [5.74, 6) is 0. The Labute approximate surface area is 42.8 Å². The molecule has 0 aliphatic rings. The molecule has 0 saturated carbocycles. The second kappa shape index (κ2) is 2.91. The Kier molecular flexibility index (Phi) is 3.32. The molecule has 0 aromatic heterocycles. The van der Waals surface area contributed by atoms with Crippen LogP contribution in [0, 0.1) is 0 Å². The van der Waals surface area contributed by atoms with E-state index in [9.17, 15) is 0 Å². The van der Waals surface area contributed by atoms with Crippen molar-refractivity contribution < 1.29 is 0 Å². The van der Waals surface area contributed by atoms with Crippen molar-refractivity contribution in [1.29, 1.82) is 0 Å². The molecule has 0 saturated heterocycles. The maximum absolute atomic E-state index is 3.51. The van der Waals surface area contributed by atoms with Crippen LogP contribution < -0.4 is 0 Å². The molecule has 1 atom stereocenters. The lowest BCUT2D eigenvalue weighted by Gasteiger charge is -1.84. The lowest BCUT2D eigenvalue weighted by Crippen LogP contribution is -1.86. The summed E-state index contributed by atoms with van der Waals surface area (Å²) >= 11 is 3.51. The van der Waals surface area contributed by atoms with Gasteiger partial charge in [0.2, 0.25) is 0 Å². The number of hydrogen-bond acceptors (Lipinski definition) is 0. The van der Waals surface area contributed by atoms with E-state index in [1.807, 2.05) is 0 Å². The highest BCUT2D eigenvalue weighted by Gasteiger charge is 1.86. The molecular weight excluding hydrogens is 144 g/mol. The van der Waals surface area contributed by atoms with Crippen LogP contribution in [0.2, 0.25) is 12.6 Å². The monoisotopic (exact) mass is 152 g/mol. The van der Waals surface area contributed by atoms with E-state index in [0.29, 0.717) is 0 Å². The third-order valence-electron chi connectivity index (χ3n) is 0.563. The van der Waals surface area contributed by atoms with E-state index in [4.69, 9.17) is 0 Å². The molecule has 32 valence electrons. The van der Waals surface area contributed by atoms with E-state index in [0.717, 1.165) is 0 Å². The zero-order valence-electron chi connectivity index (χ0n) is 3.66. The van der Waals surface area contributed by atoms with Crippen LogP contribution in [0.15, 0.2) is 0 Å². The molecule has 0 spiro atoms. The molecule has 0 heterocycles. The molecule has 5 heavy (non-hydrogen) atoms. The van der Waals surface area contributed by atoms with Crippen molar-refractivity contribution in [2.45, 2.75) is 19.5 Å². The van der Waals surface area contributed by atoms with Gasteiger partial charge < -0.3 is 0 Å². The fourth-order valence-electron chi connectivity index (χ4n) is 0. The van der Waals surface area contributed by atoms with E-state index in [2.05, 4.69) is 28.8 Å². The Morgan fingerprint density at radius 1 is 1.80 bits per heavy atom. The van der Waals surface area contributed by atoms with Gasteiger partial charge in [0.15, 0.2) is 0 Å². The molecule has 0 aliphatic heterocycles. The smallest absolute Gasteiger partial charge is 0.111 e. The van der Waals surface area contributed by atoms with Gasteiger partial charge in [0.1, 0.15) is 7.42 Å². The lowest BCUT2D eigenvalue weighted by molar-refractivity contribution is 1.45. The van der Waals surface area contributed by atoms with Gasteiger partial charge in [0.05, 0.1) is 0 Å². The predicted molar refractivity (Wildman–Crippen MR) is 32.4 cm³/mol. The third kappa shape index (κ3) is 4.70.